The summed E-state index contributed by atoms with van der Waals surface area (Å²) in [5.74, 6) is -2.66. The third-order valence-corrected chi connectivity index (χ3v) is 1.54. The van der Waals surface area contributed by atoms with Crippen LogP contribution in [0.25, 0.3) is 0 Å². The van der Waals surface area contributed by atoms with Crippen LogP contribution in [-0.2, 0) is 0 Å². The van der Waals surface area contributed by atoms with E-state index in [1.54, 1.807) is 0 Å². The van der Waals surface area contributed by atoms with Crippen molar-refractivity contribution in [2.75, 3.05) is 7.05 Å². The summed E-state index contributed by atoms with van der Waals surface area (Å²) in [4.78, 5) is 11.0. The molecule has 0 atom stereocenters. The fraction of sp³-hybridized carbons (Fsp3) is 0.300. The van der Waals surface area contributed by atoms with Crippen LogP contribution in [0, 0.1) is 5.82 Å². The van der Waals surface area contributed by atoms with Gasteiger partial charge in [-0.25, -0.2) is 4.39 Å². The molecule has 15 heavy (non-hydrogen) atoms. The van der Waals surface area contributed by atoms with E-state index in [1.807, 2.05) is 13.8 Å². The highest BCUT2D eigenvalue weighted by atomic mass is 19.1. The van der Waals surface area contributed by atoms with E-state index >= 15 is 0 Å². The van der Waals surface area contributed by atoms with E-state index in [-0.39, 0.29) is 5.56 Å². The standard InChI is InChI=1S/C8H8FNO3.C2H6/c1-10-8(13)4-2-6(11)7(12)3-5(4)9;1-2/h2-3,11-12H,1H3,(H,10,13);1-2H3. The molecule has 0 radical (unpaired) electrons. The number of hydrogen-bond donors (Lipinski definition) is 3. The molecule has 0 unspecified atom stereocenters. The molecule has 0 bridgehead atoms. The van der Waals surface area contributed by atoms with Crippen molar-refractivity contribution in [3.05, 3.63) is 23.5 Å². The van der Waals surface area contributed by atoms with Crippen molar-refractivity contribution >= 4 is 5.91 Å². The van der Waals surface area contributed by atoms with E-state index in [0.717, 1.165) is 6.07 Å². The third-order valence-electron chi connectivity index (χ3n) is 1.54. The fourth-order valence-electron chi connectivity index (χ4n) is 0.860. The molecule has 0 heterocycles. The summed E-state index contributed by atoms with van der Waals surface area (Å²) < 4.78 is 12.9. The zero-order chi connectivity index (χ0) is 12.0. The average Bonchev–Trinajstić information content (AvgIpc) is 2.25. The number of carbonyl (C=O) groups is 1. The summed E-state index contributed by atoms with van der Waals surface area (Å²) in [7, 11) is 1.34. The predicted molar refractivity (Wildman–Crippen MR) is 54.5 cm³/mol. The summed E-state index contributed by atoms with van der Waals surface area (Å²) in [6, 6.07) is 1.55. The van der Waals surface area contributed by atoms with Gasteiger partial charge in [0.1, 0.15) is 5.82 Å². The van der Waals surface area contributed by atoms with Crippen molar-refractivity contribution < 1.29 is 19.4 Å². The lowest BCUT2D eigenvalue weighted by Crippen LogP contribution is -2.19. The van der Waals surface area contributed by atoms with Gasteiger partial charge in [-0.1, -0.05) is 13.8 Å². The van der Waals surface area contributed by atoms with Gasteiger partial charge in [0.2, 0.25) is 0 Å². The van der Waals surface area contributed by atoms with Crippen LogP contribution in [0.1, 0.15) is 24.2 Å². The monoisotopic (exact) mass is 215 g/mol. The molecule has 0 saturated heterocycles. The van der Waals surface area contributed by atoms with Gasteiger partial charge in [-0.15, -0.1) is 0 Å². The molecule has 84 valence electrons. The zero-order valence-corrected chi connectivity index (χ0v) is 8.84. The molecule has 0 aliphatic carbocycles. The number of hydrogen-bond acceptors (Lipinski definition) is 3. The number of nitrogens with one attached hydrogen (secondary N) is 1. The van der Waals surface area contributed by atoms with Crippen LogP contribution >= 0.6 is 0 Å². The fourth-order valence-corrected chi connectivity index (χ4v) is 0.860. The van der Waals surface area contributed by atoms with Gasteiger partial charge in [0.15, 0.2) is 11.5 Å². The first-order valence-electron chi connectivity index (χ1n) is 4.50. The summed E-state index contributed by atoms with van der Waals surface area (Å²) in [6.07, 6.45) is 0. The Morgan fingerprint density at radius 3 is 2.20 bits per heavy atom. The van der Waals surface area contributed by atoms with Gasteiger partial charge in [-0.2, -0.15) is 0 Å². The molecule has 0 aromatic heterocycles. The maximum atomic E-state index is 12.9. The summed E-state index contributed by atoms with van der Waals surface area (Å²) >= 11 is 0. The van der Waals surface area contributed by atoms with Crippen molar-refractivity contribution in [2.45, 2.75) is 13.8 Å². The van der Waals surface area contributed by atoms with E-state index in [0.29, 0.717) is 6.07 Å². The van der Waals surface area contributed by atoms with Gasteiger partial charge >= 0.3 is 0 Å². The third kappa shape index (κ3) is 3.12. The molecule has 1 aromatic rings. The normalized spacial score (nSPS) is 8.80. The first kappa shape index (κ1) is 13.2. The summed E-state index contributed by atoms with van der Waals surface area (Å²) in [6.45, 7) is 4.00. The van der Waals surface area contributed by atoms with Gasteiger partial charge in [-0.05, 0) is 6.07 Å². The molecule has 1 aromatic carbocycles. The minimum absolute atomic E-state index is 0.308. The lowest BCUT2D eigenvalue weighted by molar-refractivity contribution is 0.0958. The molecule has 0 saturated carbocycles. The Labute approximate surface area is 87.4 Å². The number of benzene rings is 1. The Kier molecular flexibility index (Phi) is 5.15. The van der Waals surface area contributed by atoms with Gasteiger partial charge in [-0.3, -0.25) is 4.79 Å². The van der Waals surface area contributed by atoms with Gasteiger partial charge in [0.25, 0.3) is 5.91 Å². The summed E-state index contributed by atoms with van der Waals surface area (Å²) in [5.41, 5.74) is -0.308. The smallest absolute Gasteiger partial charge is 0.254 e. The van der Waals surface area contributed by atoms with E-state index < -0.39 is 23.2 Å². The molecule has 1 rings (SSSR count). The van der Waals surface area contributed by atoms with E-state index in [9.17, 15) is 9.18 Å². The largest absolute Gasteiger partial charge is 0.504 e. The van der Waals surface area contributed by atoms with E-state index in [4.69, 9.17) is 10.2 Å². The quantitative estimate of drug-likeness (QED) is 0.623. The number of halogens is 1. The molecule has 0 fully saturated rings. The minimum atomic E-state index is -0.880. The van der Waals surface area contributed by atoms with Crippen molar-refractivity contribution in [1.29, 1.82) is 0 Å². The van der Waals surface area contributed by atoms with Crippen molar-refractivity contribution in [1.82, 2.24) is 5.32 Å². The van der Waals surface area contributed by atoms with E-state index in [1.165, 1.54) is 7.05 Å². The Morgan fingerprint density at radius 1 is 1.27 bits per heavy atom. The lowest BCUT2D eigenvalue weighted by atomic mass is 10.2. The molecule has 4 nitrogen and oxygen atoms in total. The lowest BCUT2D eigenvalue weighted by Gasteiger charge is -2.03. The van der Waals surface area contributed by atoms with Crippen LogP contribution in [0.4, 0.5) is 4.39 Å². The zero-order valence-electron chi connectivity index (χ0n) is 8.84. The van der Waals surface area contributed by atoms with Crippen molar-refractivity contribution in [2.24, 2.45) is 0 Å². The Bertz CT molecular complexity index is 353. The number of amides is 1. The minimum Gasteiger partial charge on any atom is -0.504 e. The maximum absolute atomic E-state index is 12.9. The van der Waals surface area contributed by atoms with Crippen LogP contribution in [-0.4, -0.2) is 23.2 Å². The number of phenols is 2. The summed E-state index contributed by atoms with van der Waals surface area (Å²) in [5, 5.41) is 20.0. The van der Waals surface area contributed by atoms with Crippen molar-refractivity contribution in [3.8, 4) is 11.5 Å². The van der Waals surface area contributed by atoms with Crippen LogP contribution < -0.4 is 5.32 Å². The number of rotatable bonds is 1. The molecule has 1 amide bonds. The van der Waals surface area contributed by atoms with Crippen molar-refractivity contribution in [3.63, 3.8) is 0 Å². The molecule has 5 heteroatoms. The first-order valence-corrected chi connectivity index (χ1v) is 4.50. The van der Waals surface area contributed by atoms with Crippen LogP contribution in [0.15, 0.2) is 12.1 Å². The second kappa shape index (κ2) is 5.85. The first-order chi connectivity index (χ1) is 7.06. The molecule has 0 aliphatic rings. The van der Waals surface area contributed by atoms with Crippen LogP contribution in [0.5, 0.6) is 11.5 Å². The van der Waals surface area contributed by atoms with Gasteiger partial charge in [0.05, 0.1) is 5.56 Å². The second-order valence-electron chi connectivity index (χ2n) is 2.40. The van der Waals surface area contributed by atoms with E-state index in [2.05, 4.69) is 5.32 Å². The highest BCUT2D eigenvalue weighted by Crippen LogP contribution is 2.27. The number of aromatic hydroxyl groups is 2. The topological polar surface area (TPSA) is 69.6 Å². The second-order valence-corrected chi connectivity index (χ2v) is 2.40. The average molecular weight is 215 g/mol. The molecular weight excluding hydrogens is 201 g/mol. The highest BCUT2D eigenvalue weighted by Gasteiger charge is 2.13. The number of carbonyl (C=O) groups excluding carboxylic acids is 1. The Hall–Kier alpha value is -1.78. The van der Waals surface area contributed by atoms with Crippen LogP contribution in [0.2, 0.25) is 0 Å². The molecular formula is C10H14FNO3. The van der Waals surface area contributed by atoms with Gasteiger partial charge < -0.3 is 15.5 Å². The maximum Gasteiger partial charge on any atom is 0.254 e. The highest BCUT2D eigenvalue weighted by molar-refractivity contribution is 5.94. The molecule has 3 N–H and O–H groups in total. The number of phenolic OH excluding ortho intramolecular Hbond substituents is 2. The van der Waals surface area contributed by atoms with Crippen LogP contribution in [0.3, 0.4) is 0 Å². The Morgan fingerprint density at radius 2 is 1.73 bits per heavy atom. The Balaban J connectivity index is 0.000000921. The predicted octanol–water partition coefficient (Wildman–Crippen LogP) is 1.62. The van der Waals surface area contributed by atoms with Gasteiger partial charge in [0, 0.05) is 13.1 Å². The SMILES string of the molecule is CC.CNC(=O)c1cc(O)c(O)cc1F. The molecule has 0 spiro atoms. The molecule has 0 aliphatic heterocycles.